The first kappa shape index (κ1) is 15.6. The number of halogens is 1. The van der Waals surface area contributed by atoms with Gasteiger partial charge in [0, 0.05) is 22.0 Å². The minimum atomic E-state index is -0.283. The summed E-state index contributed by atoms with van der Waals surface area (Å²) in [6, 6.07) is 6.04. The van der Waals surface area contributed by atoms with Gasteiger partial charge in [-0.1, -0.05) is 18.5 Å². The van der Waals surface area contributed by atoms with Crippen LogP contribution in [0.25, 0.3) is 11.0 Å². The fourth-order valence-corrected chi connectivity index (χ4v) is 3.50. The lowest BCUT2D eigenvalue weighted by molar-refractivity contribution is -0.707. The lowest BCUT2D eigenvalue weighted by Crippen LogP contribution is -2.88. The van der Waals surface area contributed by atoms with E-state index in [1.54, 1.807) is 6.07 Å². The molecule has 3 nitrogen and oxygen atoms in total. The van der Waals surface area contributed by atoms with Gasteiger partial charge < -0.3 is 9.73 Å². The van der Waals surface area contributed by atoms with E-state index in [1.165, 1.54) is 25.7 Å². The number of rotatable bonds is 3. The summed E-state index contributed by atoms with van der Waals surface area (Å²) >= 11 is 6.23. The number of aryl methyl sites for hydroxylation is 1. The van der Waals surface area contributed by atoms with Crippen LogP contribution in [-0.4, -0.2) is 6.04 Å². The van der Waals surface area contributed by atoms with E-state index in [9.17, 15) is 4.79 Å². The van der Waals surface area contributed by atoms with Gasteiger partial charge in [-0.2, -0.15) is 0 Å². The molecule has 2 N–H and O–H groups in total. The number of hydrogen-bond donors (Lipinski definition) is 1. The maximum Gasteiger partial charge on any atom is 0.336 e. The van der Waals surface area contributed by atoms with Crippen LogP contribution in [0.2, 0.25) is 5.02 Å². The van der Waals surface area contributed by atoms with Crippen LogP contribution in [0.3, 0.4) is 0 Å². The molecule has 3 rings (SSSR count). The van der Waals surface area contributed by atoms with E-state index in [0.717, 1.165) is 29.0 Å². The predicted molar refractivity (Wildman–Crippen MR) is 89.3 cm³/mol. The van der Waals surface area contributed by atoms with Crippen LogP contribution in [-0.2, 0) is 6.54 Å². The van der Waals surface area contributed by atoms with Gasteiger partial charge in [0.15, 0.2) is 0 Å². The lowest BCUT2D eigenvalue weighted by atomic mass is 9.87. The standard InChI is InChI=1S/C18H22ClNO2/c1-11-3-5-14(6-4-11)20-10-13-8-18(21)22-17-7-12(2)16(19)9-15(13)17/h7-9,11,14,20H,3-6,10H2,1-2H3/p+1. The Balaban J connectivity index is 1.83. The fourth-order valence-electron chi connectivity index (χ4n) is 3.33. The molecule has 118 valence electrons. The normalized spacial score (nSPS) is 22.1. The van der Waals surface area contributed by atoms with Crippen LogP contribution in [0.5, 0.6) is 0 Å². The highest BCUT2D eigenvalue weighted by atomic mass is 35.5. The molecule has 22 heavy (non-hydrogen) atoms. The summed E-state index contributed by atoms with van der Waals surface area (Å²) in [5.74, 6) is 0.857. The minimum absolute atomic E-state index is 0.283. The number of benzene rings is 1. The zero-order valence-electron chi connectivity index (χ0n) is 13.2. The summed E-state index contributed by atoms with van der Waals surface area (Å²) in [7, 11) is 0. The Morgan fingerprint density at radius 1 is 1.23 bits per heavy atom. The second-order valence-corrected chi connectivity index (χ2v) is 7.06. The Hall–Kier alpha value is -1.32. The van der Waals surface area contributed by atoms with Crippen LogP contribution in [0.15, 0.2) is 27.4 Å². The molecule has 0 radical (unpaired) electrons. The summed E-state index contributed by atoms with van der Waals surface area (Å²) in [5.41, 5.74) is 2.30. The van der Waals surface area contributed by atoms with Crippen molar-refractivity contribution in [2.75, 3.05) is 0 Å². The Bertz CT molecular complexity index is 730. The summed E-state index contributed by atoms with van der Waals surface area (Å²) in [6.07, 6.45) is 5.15. The molecule has 0 spiro atoms. The molecule has 0 saturated heterocycles. The van der Waals surface area contributed by atoms with E-state index in [4.69, 9.17) is 16.0 Å². The number of nitrogens with two attached hydrogens (primary N) is 1. The smallest absolute Gasteiger partial charge is 0.336 e. The summed E-state index contributed by atoms with van der Waals surface area (Å²) in [5, 5.41) is 4.04. The van der Waals surface area contributed by atoms with E-state index in [1.807, 2.05) is 19.1 Å². The highest BCUT2D eigenvalue weighted by Gasteiger charge is 2.21. The number of quaternary nitrogens is 1. The lowest BCUT2D eigenvalue weighted by Gasteiger charge is -2.24. The average Bonchev–Trinajstić information content (AvgIpc) is 2.48. The van der Waals surface area contributed by atoms with Gasteiger partial charge in [-0.25, -0.2) is 4.79 Å². The summed E-state index contributed by atoms with van der Waals surface area (Å²) in [6.45, 7) is 5.06. The molecule has 1 heterocycles. The van der Waals surface area contributed by atoms with Gasteiger partial charge in [-0.05, 0) is 56.2 Å². The zero-order chi connectivity index (χ0) is 15.7. The van der Waals surface area contributed by atoms with Crippen LogP contribution >= 0.6 is 11.6 Å². The van der Waals surface area contributed by atoms with Gasteiger partial charge in [0.25, 0.3) is 0 Å². The van der Waals surface area contributed by atoms with Crippen LogP contribution < -0.4 is 10.9 Å². The van der Waals surface area contributed by atoms with Gasteiger partial charge >= 0.3 is 5.63 Å². The zero-order valence-corrected chi connectivity index (χ0v) is 14.0. The van der Waals surface area contributed by atoms with Gasteiger partial charge in [0.2, 0.25) is 0 Å². The molecule has 1 fully saturated rings. The van der Waals surface area contributed by atoms with E-state index in [2.05, 4.69) is 12.2 Å². The van der Waals surface area contributed by atoms with E-state index >= 15 is 0 Å². The second kappa shape index (κ2) is 6.43. The molecular weight excluding hydrogens is 298 g/mol. The van der Waals surface area contributed by atoms with E-state index in [-0.39, 0.29) is 5.63 Å². The maximum atomic E-state index is 11.8. The number of fused-ring (bicyclic) bond motifs is 1. The van der Waals surface area contributed by atoms with Crippen molar-refractivity contribution in [3.05, 3.63) is 44.8 Å². The van der Waals surface area contributed by atoms with Crippen molar-refractivity contribution in [1.82, 2.24) is 0 Å². The predicted octanol–water partition coefficient (Wildman–Crippen LogP) is 3.40. The Kier molecular flexibility index (Phi) is 4.55. The SMILES string of the molecule is Cc1cc2oc(=O)cc(C[NH2+]C3CCC(C)CC3)c2cc1Cl. The molecule has 0 aliphatic heterocycles. The first-order valence-electron chi connectivity index (χ1n) is 8.09. The Morgan fingerprint density at radius 2 is 1.95 bits per heavy atom. The maximum absolute atomic E-state index is 11.8. The molecule has 1 aliphatic carbocycles. The minimum Gasteiger partial charge on any atom is -0.423 e. The number of hydrogen-bond acceptors (Lipinski definition) is 2. The summed E-state index contributed by atoms with van der Waals surface area (Å²) < 4.78 is 5.32. The third-order valence-electron chi connectivity index (χ3n) is 4.84. The van der Waals surface area contributed by atoms with Crippen molar-refractivity contribution in [2.45, 2.75) is 52.1 Å². The first-order valence-corrected chi connectivity index (χ1v) is 8.47. The van der Waals surface area contributed by atoms with Crippen molar-refractivity contribution in [1.29, 1.82) is 0 Å². The molecule has 4 heteroatoms. The largest absolute Gasteiger partial charge is 0.423 e. The molecule has 2 aromatic rings. The molecular formula is C18H23ClNO2+. The Labute approximate surface area is 135 Å². The fraction of sp³-hybridized carbons (Fsp3) is 0.500. The molecule has 0 bridgehead atoms. The molecule has 0 amide bonds. The van der Waals surface area contributed by atoms with Crippen molar-refractivity contribution in [2.24, 2.45) is 5.92 Å². The van der Waals surface area contributed by atoms with Gasteiger partial charge in [-0.15, -0.1) is 0 Å². The van der Waals surface area contributed by atoms with E-state index < -0.39 is 0 Å². The third-order valence-corrected chi connectivity index (χ3v) is 5.25. The van der Waals surface area contributed by atoms with Crippen molar-refractivity contribution in [3.63, 3.8) is 0 Å². The third kappa shape index (κ3) is 3.36. The first-order chi connectivity index (χ1) is 10.5. The van der Waals surface area contributed by atoms with Crippen molar-refractivity contribution >= 4 is 22.6 Å². The second-order valence-electron chi connectivity index (χ2n) is 6.65. The van der Waals surface area contributed by atoms with E-state index in [0.29, 0.717) is 16.6 Å². The molecule has 1 aromatic carbocycles. The highest BCUT2D eigenvalue weighted by Crippen LogP contribution is 2.25. The average molecular weight is 321 g/mol. The monoisotopic (exact) mass is 320 g/mol. The summed E-state index contributed by atoms with van der Waals surface area (Å²) in [4.78, 5) is 11.8. The topological polar surface area (TPSA) is 46.8 Å². The Morgan fingerprint density at radius 3 is 2.68 bits per heavy atom. The van der Waals surface area contributed by atoms with Gasteiger partial charge in [0.1, 0.15) is 12.1 Å². The molecule has 0 unspecified atom stereocenters. The van der Waals surface area contributed by atoms with Crippen LogP contribution in [0.1, 0.15) is 43.7 Å². The molecule has 0 atom stereocenters. The van der Waals surface area contributed by atoms with Crippen molar-refractivity contribution < 1.29 is 9.73 Å². The van der Waals surface area contributed by atoms with Crippen LogP contribution in [0.4, 0.5) is 0 Å². The molecule has 1 aromatic heterocycles. The van der Waals surface area contributed by atoms with Gasteiger partial charge in [0.05, 0.1) is 6.04 Å². The molecule has 1 saturated carbocycles. The van der Waals surface area contributed by atoms with Gasteiger partial charge in [-0.3, -0.25) is 0 Å². The van der Waals surface area contributed by atoms with Crippen molar-refractivity contribution in [3.8, 4) is 0 Å². The highest BCUT2D eigenvalue weighted by molar-refractivity contribution is 6.32. The quantitative estimate of drug-likeness (QED) is 0.881. The van der Waals surface area contributed by atoms with Crippen LogP contribution in [0, 0.1) is 12.8 Å². The molecule has 1 aliphatic rings.